The lowest BCUT2D eigenvalue weighted by Gasteiger charge is -2.41. The maximum atomic E-state index is 12.5. The summed E-state index contributed by atoms with van der Waals surface area (Å²) in [6.45, 7) is 2.20. The summed E-state index contributed by atoms with van der Waals surface area (Å²) in [5.74, 6) is 0.163. The zero-order valence-electron chi connectivity index (χ0n) is 12.1. The summed E-state index contributed by atoms with van der Waals surface area (Å²) in [4.78, 5) is 12.5. The van der Waals surface area contributed by atoms with E-state index in [1.807, 2.05) is 28.8 Å². The second kappa shape index (κ2) is 4.20. The van der Waals surface area contributed by atoms with Crippen molar-refractivity contribution in [1.29, 1.82) is 0 Å². The van der Waals surface area contributed by atoms with Gasteiger partial charge in [0.15, 0.2) is 0 Å². The molecule has 0 saturated heterocycles. The van der Waals surface area contributed by atoms with Gasteiger partial charge < -0.3 is 5.21 Å². The molecule has 0 unspecified atom stereocenters. The number of fused-ring (bicyclic) bond motifs is 3. The molecule has 0 fully saturated rings. The first kappa shape index (κ1) is 12.6. The smallest absolute Gasteiger partial charge is 0.231 e. The maximum Gasteiger partial charge on any atom is 0.231 e. The predicted octanol–water partition coefficient (Wildman–Crippen LogP) is 3.70. The SMILES string of the molecule is CC[C@@]12CCC(=O)n3c1c(c1ccccc13)/C(=N/O)CC2. The molecule has 2 heterocycles. The molecule has 2 aromatic rings. The molecule has 1 N–H and O–H groups in total. The number of oxime groups is 1. The van der Waals surface area contributed by atoms with Gasteiger partial charge in [-0.2, -0.15) is 0 Å². The highest BCUT2D eigenvalue weighted by molar-refractivity contribution is 6.15. The van der Waals surface area contributed by atoms with Gasteiger partial charge in [0.05, 0.1) is 11.2 Å². The van der Waals surface area contributed by atoms with Crippen LogP contribution in [0.4, 0.5) is 0 Å². The lowest BCUT2D eigenvalue weighted by molar-refractivity contribution is 0.0848. The maximum absolute atomic E-state index is 12.5. The first-order valence-electron chi connectivity index (χ1n) is 7.60. The average Bonchev–Trinajstić information content (AvgIpc) is 2.89. The van der Waals surface area contributed by atoms with Gasteiger partial charge in [-0.05, 0) is 31.7 Å². The van der Waals surface area contributed by atoms with Gasteiger partial charge in [-0.1, -0.05) is 30.3 Å². The van der Waals surface area contributed by atoms with Crippen LogP contribution >= 0.6 is 0 Å². The Morgan fingerprint density at radius 2 is 2.05 bits per heavy atom. The molecule has 0 spiro atoms. The molecular weight excluding hydrogens is 264 g/mol. The highest BCUT2D eigenvalue weighted by atomic mass is 16.4. The van der Waals surface area contributed by atoms with E-state index in [0.29, 0.717) is 6.42 Å². The Labute approximate surface area is 123 Å². The van der Waals surface area contributed by atoms with Crippen LogP contribution < -0.4 is 0 Å². The van der Waals surface area contributed by atoms with Gasteiger partial charge in [0, 0.05) is 28.5 Å². The molecule has 1 aromatic carbocycles. The summed E-state index contributed by atoms with van der Waals surface area (Å²) in [5.41, 5.74) is 3.80. The van der Waals surface area contributed by atoms with Crippen molar-refractivity contribution in [1.82, 2.24) is 4.57 Å². The van der Waals surface area contributed by atoms with Gasteiger partial charge in [-0.15, -0.1) is 0 Å². The minimum absolute atomic E-state index is 0.0520. The first-order valence-corrected chi connectivity index (χ1v) is 7.60. The Hall–Kier alpha value is -2.10. The van der Waals surface area contributed by atoms with Crippen LogP contribution in [0.3, 0.4) is 0 Å². The normalized spacial score (nSPS) is 26.3. The molecule has 1 aromatic heterocycles. The van der Waals surface area contributed by atoms with Gasteiger partial charge in [-0.3, -0.25) is 9.36 Å². The van der Waals surface area contributed by atoms with Crippen LogP contribution in [0.2, 0.25) is 0 Å². The van der Waals surface area contributed by atoms with Crippen LogP contribution in [-0.2, 0) is 5.41 Å². The second-order valence-electron chi connectivity index (χ2n) is 6.15. The van der Waals surface area contributed by atoms with Crippen LogP contribution in [0.25, 0.3) is 10.9 Å². The highest BCUT2D eigenvalue weighted by Gasteiger charge is 2.45. The van der Waals surface area contributed by atoms with E-state index in [0.717, 1.165) is 53.6 Å². The average molecular weight is 282 g/mol. The number of carbonyl (C=O) groups is 1. The van der Waals surface area contributed by atoms with E-state index in [9.17, 15) is 10.0 Å². The fourth-order valence-electron chi connectivity index (χ4n) is 4.22. The number of carbonyl (C=O) groups excluding carboxylic acids is 1. The lowest BCUT2D eigenvalue weighted by atomic mass is 9.67. The molecule has 2 aliphatic rings. The first-order chi connectivity index (χ1) is 10.2. The summed E-state index contributed by atoms with van der Waals surface area (Å²) in [6.07, 6.45) is 4.26. The van der Waals surface area contributed by atoms with E-state index in [-0.39, 0.29) is 11.3 Å². The number of aromatic nitrogens is 1. The Kier molecular flexibility index (Phi) is 2.52. The molecule has 0 amide bonds. The molecule has 1 aliphatic heterocycles. The Morgan fingerprint density at radius 3 is 2.81 bits per heavy atom. The molecule has 0 radical (unpaired) electrons. The largest absolute Gasteiger partial charge is 0.411 e. The van der Waals surface area contributed by atoms with Gasteiger partial charge >= 0.3 is 0 Å². The molecule has 4 nitrogen and oxygen atoms in total. The number of hydrogen-bond donors (Lipinski definition) is 1. The standard InChI is InChI=1S/C17H18N2O2/c1-2-17-9-7-12(18-21)15-11-5-3-4-6-13(11)19(16(15)17)14(20)8-10-17/h3-6,21H,2,7-10H2,1H3/b18-12+/t17-/m1/s1. The van der Waals surface area contributed by atoms with Gasteiger partial charge in [0.25, 0.3) is 0 Å². The number of nitrogens with zero attached hydrogens (tertiary/aromatic N) is 2. The molecule has 21 heavy (non-hydrogen) atoms. The van der Waals surface area contributed by atoms with E-state index < -0.39 is 0 Å². The number of rotatable bonds is 1. The Bertz CT molecular complexity index is 787. The predicted molar refractivity (Wildman–Crippen MR) is 81.3 cm³/mol. The monoisotopic (exact) mass is 282 g/mol. The summed E-state index contributed by atoms with van der Waals surface area (Å²) in [7, 11) is 0. The Balaban J connectivity index is 2.20. The third-order valence-corrected chi connectivity index (χ3v) is 5.37. The molecule has 4 heteroatoms. The summed E-state index contributed by atoms with van der Waals surface area (Å²) >= 11 is 0. The van der Waals surface area contributed by atoms with Crippen LogP contribution in [-0.4, -0.2) is 21.4 Å². The van der Waals surface area contributed by atoms with E-state index >= 15 is 0 Å². The van der Waals surface area contributed by atoms with Crippen molar-refractivity contribution in [3.63, 3.8) is 0 Å². The molecular formula is C17H18N2O2. The van der Waals surface area contributed by atoms with Crippen molar-refractivity contribution in [2.24, 2.45) is 5.16 Å². The van der Waals surface area contributed by atoms with Crippen molar-refractivity contribution in [2.75, 3.05) is 0 Å². The molecule has 1 atom stereocenters. The fourth-order valence-corrected chi connectivity index (χ4v) is 4.22. The van der Waals surface area contributed by atoms with E-state index in [4.69, 9.17) is 0 Å². The number of para-hydroxylation sites is 1. The zero-order valence-corrected chi connectivity index (χ0v) is 12.1. The molecule has 0 bridgehead atoms. The van der Waals surface area contributed by atoms with Crippen LogP contribution in [0.15, 0.2) is 29.4 Å². The van der Waals surface area contributed by atoms with Gasteiger partial charge in [0.1, 0.15) is 0 Å². The third-order valence-electron chi connectivity index (χ3n) is 5.37. The van der Waals surface area contributed by atoms with Crippen molar-refractivity contribution < 1.29 is 10.0 Å². The quantitative estimate of drug-likeness (QED) is 0.640. The minimum Gasteiger partial charge on any atom is -0.411 e. The van der Waals surface area contributed by atoms with E-state index in [2.05, 4.69) is 12.1 Å². The summed E-state index contributed by atoms with van der Waals surface area (Å²) in [5, 5.41) is 14.0. The highest BCUT2D eigenvalue weighted by Crippen LogP contribution is 2.49. The van der Waals surface area contributed by atoms with Crippen molar-refractivity contribution >= 4 is 22.5 Å². The summed E-state index contributed by atoms with van der Waals surface area (Å²) in [6, 6.07) is 7.96. The van der Waals surface area contributed by atoms with Crippen molar-refractivity contribution in [3.8, 4) is 0 Å². The van der Waals surface area contributed by atoms with E-state index in [1.54, 1.807) is 0 Å². The topological polar surface area (TPSA) is 54.6 Å². The molecule has 4 rings (SSSR count). The van der Waals surface area contributed by atoms with Crippen LogP contribution in [0.1, 0.15) is 55.1 Å². The molecule has 0 saturated carbocycles. The Morgan fingerprint density at radius 1 is 1.29 bits per heavy atom. The minimum atomic E-state index is 0.0520. The van der Waals surface area contributed by atoms with Crippen molar-refractivity contribution in [2.45, 2.75) is 44.4 Å². The summed E-state index contributed by atoms with van der Waals surface area (Å²) < 4.78 is 1.89. The number of hydrogen-bond acceptors (Lipinski definition) is 3. The van der Waals surface area contributed by atoms with Crippen LogP contribution in [0, 0.1) is 0 Å². The molecule has 108 valence electrons. The number of benzene rings is 1. The van der Waals surface area contributed by atoms with E-state index in [1.165, 1.54) is 0 Å². The van der Waals surface area contributed by atoms with Crippen LogP contribution in [0.5, 0.6) is 0 Å². The third kappa shape index (κ3) is 1.45. The van der Waals surface area contributed by atoms with Gasteiger partial charge in [-0.25, -0.2) is 0 Å². The molecule has 1 aliphatic carbocycles. The zero-order chi connectivity index (χ0) is 14.6. The van der Waals surface area contributed by atoms with Gasteiger partial charge in [0.2, 0.25) is 5.91 Å². The fraction of sp³-hybridized carbons (Fsp3) is 0.412. The second-order valence-corrected chi connectivity index (χ2v) is 6.15. The van der Waals surface area contributed by atoms with Crippen molar-refractivity contribution in [3.05, 3.63) is 35.5 Å². The lowest BCUT2D eigenvalue weighted by Crippen LogP contribution is -2.40.